The Kier molecular flexibility index (Phi) is 8.49. The Bertz CT molecular complexity index is 885. The van der Waals surface area contributed by atoms with E-state index in [4.69, 9.17) is 79.1 Å². The topological polar surface area (TPSA) is 52.6 Å². The number of hydrogen-bond acceptors (Lipinski definition) is 4. The first kappa shape index (κ1) is 23.3. The van der Waals surface area contributed by atoms with Gasteiger partial charge >= 0.3 is 11.9 Å². The van der Waals surface area contributed by atoms with Crippen LogP contribution in [-0.2, 0) is 9.59 Å². The third kappa shape index (κ3) is 5.56. The van der Waals surface area contributed by atoms with Crippen LogP contribution in [0.3, 0.4) is 0 Å². The number of halogens is 7. The van der Waals surface area contributed by atoms with Crippen LogP contribution in [0.2, 0.25) is 30.1 Å². The molecule has 0 heterocycles. The maximum Gasteiger partial charge on any atom is 0.311 e. The van der Waals surface area contributed by atoms with Crippen molar-refractivity contribution in [1.29, 1.82) is 0 Å². The molecule has 28 heavy (non-hydrogen) atoms. The van der Waals surface area contributed by atoms with Gasteiger partial charge in [0.1, 0.15) is 10.0 Å². The lowest BCUT2D eigenvalue weighted by Crippen LogP contribution is -2.12. The van der Waals surface area contributed by atoms with Crippen molar-refractivity contribution < 1.29 is 23.5 Å². The Morgan fingerprint density at radius 3 is 1.71 bits per heavy atom. The van der Waals surface area contributed by atoms with Crippen LogP contribution in [0.5, 0.6) is 11.5 Å². The van der Waals surface area contributed by atoms with Gasteiger partial charge in [0.2, 0.25) is 0 Å². The van der Waals surface area contributed by atoms with Gasteiger partial charge < -0.3 is 9.47 Å². The van der Waals surface area contributed by atoms with E-state index in [-0.39, 0.29) is 60.9 Å². The van der Waals surface area contributed by atoms with Crippen LogP contribution in [0.25, 0.3) is 0 Å². The van der Waals surface area contributed by atoms with Crippen LogP contribution in [0.15, 0.2) is 18.2 Å². The molecular weight excluding hydrogens is 500 g/mol. The van der Waals surface area contributed by atoms with Crippen LogP contribution in [0.4, 0.5) is 4.39 Å². The fourth-order valence-electron chi connectivity index (χ4n) is 1.96. The van der Waals surface area contributed by atoms with Crippen molar-refractivity contribution in [2.24, 2.45) is 0 Å². The Morgan fingerprint density at radius 1 is 0.750 bits per heavy atom. The van der Waals surface area contributed by atoms with Gasteiger partial charge in [0.15, 0.2) is 17.3 Å². The van der Waals surface area contributed by atoms with E-state index in [0.29, 0.717) is 0 Å². The molecule has 0 saturated heterocycles. The molecule has 2 aromatic rings. The molecule has 0 aliphatic carbocycles. The highest BCUT2D eigenvalue weighted by atomic mass is 35.5. The van der Waals surface area contributed by atoms with E-state index in [0.717, 1.165) is 6.07 Å². The molecule has 0 aliphatic heterocycles. The summed E-state index contributed by atoms with van der Waals surface area (Å²) in [4.78, 5) is 23.8. The first-order chi connectivity index (χ1) is 13.1. The fourth-order valence-corrected chi connectivity index (χ4v) is 3.36. The number of esters is 2. The number of hydrogen-bond donors (Lipinski definition) is 0. The smallest absolute Gasteiger partial charge is 0.311 e. The monoisotopic (exact) mass is 506 g/mol. The highest BCUT2D eigenvalue weighted by Crippen LogP contribution is 2.48. The van der Waals surface area contributed by atoms with E-state index < -0.39 is 17.8 Å². The maximum absolute atomic E-state index is 13.6. The lowest BCUT2D eigenvalue weighted by atomic mass is 10.2. The van der Waals surface area contributed by atoms with Crippen LogP contribution >= 0.6 is 69.6 Å². The van der Waals surface area contributed by atoms with Gasteiger partial charge in [-0.15, -0.1) is 0 Å². The molecule has 0 atom stereocenters. The maximum atomic E-state index is 13.6. The van der Waals surface area contributed by atoms with Crippen molar-refractivity contribution >= 4 is 81.5 Å². The van der Waals surface area contributed by atoms with Crippen LogP contribution in [0, 0.1) is 5.82 Å². The number of rotatable bonds is 6. The lowest BCUT2D eigenvalue weighted by Gasteiger charge is -2.12. The molecule has 0 aromatic heterocycles. The third-order valence-corrected chi connectivity index (χ3v) is 5.82. The molecule has 11 heteroatoms. The Balaban J connectivity index is 1.93. The Morgan fingerprint density at radius 2 is 1.21 bits per heavy atom. The fraction of sp³-hybridized carbons (Fsp3) is 0.176. The summed E-state index contributed by atoms with van der Waals surface area (Å²) in [6.45, 7) is 0. The van der Waals surface area contributed by atoms with E-state index in [9.17, 15) is 14.0 Å². The molecular formula is C17H9Cl6FO4. The summed E-state index contributed by atoms with van der Waals surface area (Å²) in [6, 6.07) is 3.85. The molecule has 4 nitrogen and oxygen atoms in total. The van der Waals surface area contributed by atoms with Gasteiger partial charge in [-0.3, -0.25) is 9.59 Å². The molecule has 0 spiro atoms. The molecule has 2 aromatic carbocycles. The summed E-state index contributed by atoms with van der Waals surface area (Å²) in [7, 11) is 0. The molecule has 0 unspecified atom stereocenters. The summed E-state index contributed by atoms with van der Waals surface area (Å²) >= 11 is 35.3. The molecule has 0 saturated carbocycles. The highest BCUT2D eigenvalue weighted by molar-refractivity contribution is 6.55. The second-order valence-corrected chi connectivity index (χ2v) is 7.55. The quantitative estimate of drug-likeness (QED) is 0.176. The molecule has 150 valence electrons. The van der Waals surface area contributed by atoms with Crippen LogP contribution in [0.1, 0.15) is 19.3 Å². The number of ether oxygens (including phenoxy) is 2. The molecule has 0 aliphatic rings. The SMILES string of the molecule is O=C(CCCC(=O)Oc1c(Cl)c(Cl)c(Cl)c(Cl)c1Cl)Oc1c(F)cccc1Cl. The average Bonchev–Trinajstić information content (AvgIpc) is 2.65. The molecule has 2 rings (SSSR count). The van der Waals surface area contributed by atoms with Gasteiger partial charge in [-0.2, -0.15) is 0 Å². The van der Waals surface area contributed by atoms with E-state index in [2.05, 4.69) is 0 Å². The molecule has 0 bridgehead atoms. The van der Waals surface area contributed by atoms with Crippen molar-refractivity contribution in [1.82, 2.24) is 0 Å². The van der Waals surface area contributed by atoms with E-state index in [1.165, 1.54) is 12.1 Å². The minimum atomic E-state index is -0.777. The molecule has 0 amide bonds. The predicted molar refractivity (Wildman–Crippen MR) is 108 cm³/mol. The zero-order chi connectivity index (χ0) is 21.0. The largest absolute Gasteiger partial charge is 0.423 e. The van der Waals surface area contributed by atoms with E-state index in [1.54, 1.807) is 0 Å². The first-order valence-corrected chi connectivity index (χ1v) is 9.77. The van der Waals surface area contributed by atoms with Crippen molar-refractivity contribution in [3.8, 4) is 11.5 Å². The van der Waals surface area contributed by atoms with Gasteiger partial charge in [-0.1, -0.05) is 75.7 Å². The zero-order valence-electron chi connectivity index (χ0n) is 13.6. The van der Waals surface area contributed by atoms with Gasteiger partial charge in [0, 0.05) is 12.8 Å². The first-order valence-electron chi connectivity index (χ1n) is 7.50. The number of benzene rings is 2. The van der Waals surface area contributed by atoms with Crippen molar-refractivity contribution in [3.63, 3.8) is 0 Å². The van der Waals surface area contributed by atoms with E-state index in [1.807, 2.05) is 0 Å². The Labute approximate surface area is 189 Å². The van der Waals surface area contributed by atoms with Crippen molar-refractivity contribution in [3.05, 3.63) is 54.2 Å². The number of para-hydroxylation sites is 1. The van der Waals surface area contributed by atoms with E-state index >= 15 is 0 Å². The summed E-state index contributed by atoms with van der Waals surface area (Å²) in [5.41, 5.74) is 0. The molecule has 0 radical (unpaired) electrons. The minimum Gasteiger partial charge on any atom is -0.423 e. The minimum absolute atomic E-state index is 0.0476. The summed E-state index contributed by atoms with van der Waals surface area (Å²) in [6.07, 6.45) is -0.331. The van der Waals surface area contributed by atoms with Gasteiger partial charge in [-0.05, 0) is 18.6 Å². The van der Waals surface area contributed by atoms with Crippen LogP contribution < -0.4 is 9.47 Å². The number of carbonyl (C=O) groups is 2. The highest BCUT2D eigenvalue weighted by Gasteiger charge is 2.22. The van der Waals surface area contributed by atoms with Crippen LogP contribution in [-0.4, -0.2) is 11.9 Å². The van der Waals surface area contributed by atoms with Crippen molar-refractivity contribution in [2.45, 2.75) is 19.3 Å². The average molecular weight is 509 g/mol. The van der Waals surface area contributed by atoms with Gasteiger partial charge in [0.05, 0.1) is 20.1 Å². The summed E-state index contributed by atoms with van der Waals surface area (Å²) in [5.74, 6) is -2.92. The zero-order valence-corrected chi connectivity index (χ0v) is 18.2. The van der Waals surface area contributed by atoms with Gasteiger partial charge in [-0.25, -0.2) is 4.39 Å². The summed E-state index contributed by atoms with van der Waals surface area (Å²) < 4.78 is 23.5. The number of carbonyl (C=O) groups excluding carboxylic acids is 2. The van der Waals surface area contributed by atoms with Crippen molar-refractivity contribution in [2.75, 3.05) is 0 Å². The normalized spacial score (nSPS) is 10.7. The molecule has 0 N–H and O–H groups in total. The second-order valence-electron chi connectivity index (χ2n) is 5.25. The Hall–Kier alpha value is -0.950. The lowest BCUT2D eigenvalue weighted by molar-refractivity contribution is -0.136. The standard InChI is InChI=1S/C17H9Cl6FO4/c18-7-3-1-4-8(24)16(7)27-9(25)5-2-6-10(26)28-17-14(22)12(20)11(19)13(21)15(17)23/h1,3-4H,2,5-6H2. The second kappa shape index (κ2) is 10.2. The molecule has 0 fully saturated rings. The van der Waals surface area contributed by atoms with Gasteiger partial charge in [0.25, 0.3) is 0 Å². The predicted octanol–water partition coefficient (Wildman–Crippen LogP) is 7.43. The third-order valence-electron chi connectivity index (χ3n) is 3.28. The summed E-state index contributed by atoms with van der Waals surface area (Å²) in [5, 5.41) is -0.719.